The van der Waals surface area contributed by atoms with Gasteiger partial charge in [0.1, 0.15) is 11.5 Å². The molecule has 2 N–H and O–H groups in total. The van der Waals surface area contributed by atoms with Crippen molar-refractivity contribution in [1.82, 2.24) is 0 Å². The summed E-state index contributed by atoms with van der Waals surface area (Å²) in [5.41, 5.74) is 0.0968. The molecule has 0 heterocycles. The van der Waals surface area contributed by atoms with Gasteiger partial charge in [-0.1, -0.05) is 11.6 Å². The second-order valence-electron chi connectivity index (χ2n) is 4.68. The summed E-state index contributed by atoms with van der Waals surface area (Å²) >= 11 is 6.01. The van der Waals surface area contributed by atoms with Crippen molar-refractivity contribution in [1.29, 1.82) is 0 Å². The van der Waals surface area contributed by atoms with Gasteiger partial charge in [-0.05, 0) is 20.3 Å². The van der Waals surface area contributed by atoms with Crippen molar-refractivity contribution in [3.05, 3.63) is 17.2 Å². The van der Waals surface area contributed by atoms with Crippen LogP contribution in [0.4, 0.5) is 5.69 Å². The van der Waals surface area contributed by atoms with Crippen LogP contribution < -0.4 is 14.8 Å². The Morgan fingerprint density at radius 2 is 1.83 bits per heavy atom. The quantitative estimate of drug-likeness (QED) is 0.837. The van der Waals surface area contributed by atoms with E-state index in [1.807, 2.05) is 0 Å². The maximum Gasteiger partial charge on any atom is 0.143 e. The number of aliphatic hydroxyl groups is 1. The summed E-state index contributed by atoms with van der Waals surface area (Å²) in [5, 5.41) is 13.4. The van der Waals surface area contributed by atoms with E-state index in [-0.39, 0.29) is 0 Å². The summed E-state index contributed by atoms with van der Waals surface area (Å²) in [6, 6.07) is 3.48. The van der Waals surface area contributed by atoms with Crippen molar-refractivity contribution in [2.45, 2.75) is 25.9 Å². The average molecular weight is 274 g/mol. The highest BCUT2D eigenvalue weighted by Crippen LogP contribution is 2.35. The predicted molar refractivity (Wildman–Crippen MR) is 74.0 cm³/mol. The van der Waals surface area contributed by atoms with Gasteiger partial charge in [-0.15, -0.1) is 0 Å². The molecule has 0 unspecified atom stereocenters. The van der Waals surface area contributed by atoms with Gasteiger partial charge in [-0.25, -0.2) is 0 Å². The van der Waals surface area contributed by atoms with Gasteiger partial charge < -0.3 is 19.9 Å². The molecule has 1 aromatic rings. The van der Waals surface area contributed by atoms with E-state index in [0.29, 0.717) is 29.5 Å². The molecule has 5 heteroatoms. The molecule has 0 aromatic heterocycles. The second-order valence-corrected chi connectivity index (χ2v) is 5.08. The zero-order valence-electron chi connectivity index (χ0n) is 11.2. The molecule has 18 heavy (non-hydrogen) atoms. The molecule has 0 radical (unpaired) electrons. The Balaban J connectivity index is 2.80. The van der Waals surface area contributed by atoms with E-state index >= 15 is 0 Å². The standard InChI is InChI=1S/C13H20ClNO3/c1-13(2,16)5-6-15-10-8-11(17-3)9(14)7-12(10)18-4/h7-8,15-16H,5-6H2,1-4H3. The molecule has 0 bridgehead atoms. The Bertz CT molecular complexity index is 402. The van der Waals surface area contributed by atoms with Gasteiger partial charge in [0.2, 0.25) is 0 Å². The molecule has 0 atom stereocenters. The number of halogens is 1. The molecule has 0 saturated carbocycles. The molecule has 0 aliphatic carbocycles. The lowest BCUT2D eigenvalue weighted by molar-refractivity contribution is 0.0748. The van der Waals surface area contributed by atoms with Crippen LogP contribution >= 0.6 is 11.6 Å². The van der Waals surface area contributed by atoms with Crippen LogP contribution in [0.1, 0.15) is 20.3 Å². The fourth-order valence-electron chi connectivity index (χ4n) is 1.50. The van der Waals surface area contributed by atoms with Crippen LogP contribution in [-0.4, -0.2) is 31.5 Å². The van der Waals surface area contributed by atoms with Gasteiger partial charge in [0.15, 0.2) is 0 Å². The highest BCUT2D eigenvalue weighted by Gasteiger charge is 2.13. The molecule has 0 fully saturated rings. The number of nitrogens with one attached hydrogen (secondary N) is 1. The lowest BCUT2D eigenvalue weighted by atomic mass is 10.1. The largest absolute Gasteiger partial charge is 0.495 e. The third-order valence-corrected chi connectivity index (χ3v) is 2.82. The summed E-state index contributed by atoms with van der Waals surface area (Å²) in [6.07, 6.45) is 0.626. The van der Waals surface area contributed by atoms with Crippen molar-refractivity contribution < 1.29 is 14.6 Å². The summed E-state index contributed by atoms with van der Waals surface area (Å²) in [4.78, 5) is 0. The molecule has 4 nitrogen and oxygen atoms in total. The van der Waals surface area contributed by atoms with Crippen LogP contribution in [0.25, 0.3) is 0 Å². The zero-order chi connectivity index (χ0) is 13.8. The van der Waals surface area contributed by atoms with Crippen molar-refractivity contribution >= 4 is 17.3 Å². The number of anilines is 1. The third kappa shape index (κ3) is 4.27. The van der Waals surface area contributed by atoms with Crippen molar-refractivity contribution in [3.63, 3.8) is 0 Å². The maximum absolute atomic E-state index is 9.65. The minimum Gasteiger partial charge on any atom is -0.495 e. The van der Waals surface area contributed by atoms with Crippen LogP contribution in [0.5, 0.6) is 11.5 Å². The zero-order valence-corrected chi connectivity index (χ0v) is 12.0. The Morgan fingerprint density at radius 1 is 1.22 bits per heavy atom. The number of hydrogen-bond donors (Lipinski definition) is 2. The van der Waals surface area contributed by atoms with E-state index in [9.17, 15) is 5.11 Å². The first-order valence-corrected chi connectivity index (χ1v) is 6.13. The van der Waals surface area contributed by atoms with Crippen LogP contribution in [0.3, 0.4) is 0 Å². The number of hydrogen-bond acceptors (Lipinski definition) is 4. The van der Waals surface area contributed by atoms with Crippen molar-refractivity contribution in [2.75, 3.05) is 26.1 Å². The molecule has 0 aliphatic heterocycles. The number of benzene rings is 1. The van der Waals surface area contributed by atoms with Gasteiger partial charge in [0.25, 0.3) is 0 Å². The topological polar surface area (TPSA) is 50.7 Å². The lowest BCUT2D eigenvalue weighted by Crippen LogP contribution is -2.22. The van der Waals surface area contributed by atoms with E-state index in [0.717, 1.165) is 5.69 Å². The highest BCUT2D eigenvalue weighted by atomic mass is 35.5. The van der Waals surface area contributed by atoms with Gasteiger partial charge >= 0.3 is 0 Å². The number of rotatable bonds is 6. The maximum atomic E-state index is 9.65. The second kappa shape index (κ2) is 6.16. The predicted octanol–water partition coefficient (Wildman–Crippen LogP) is 2.93. The van der Waals surface area contributed by atoms with E-state index in [1.54, 1.807) is 40.2 Å². The van der Waals surface area contributed by atoms with Crippen LogP contribution in [0, 0.1) is 0 Å². The minimum atomic E-state index is -0.698. The van der Waals surface area contributed by atoms with Gasteiger partial charge in [0.05, 0.1) is 30.5 Å². The molecular weight excluding hydrogens is 254 g/mol. The Morgan fingerprint density at radius 3 is 2.33 bits per heavy atom. The van der Waals surface area contributed by atoms with Crippen molar-refractivity contribution in [2.24, 2.45) is 0 Å². The Hall–Kier alpha value is -1.13. The van der Waals surface area contributed by atoms with Crippen LogP contribution in [0.2, 0.25) is 5.02 Å². The first-order valence-electron chi connectivity index (χ1n) is 5.75. The summed E-state index contributed by atoms with van der Waals surface area (Å²) in [7, 11) is 3.15. The first-order chi connectivity index (χ1) is 8.37. The Kier molecular flexibility index (Phi) is 5.11. The van der Waals surface area contributed by atoms with Gasteiger partial charge in [-0.2, -0.15) is 0 Å². The highest BCUT2D eigenvalue weighted by molar-refractivity contribution is 6.32. The fourth-order valence-corrected chi connectivity index (χ4v) is 1.73. The van der Waals surface area contributed by atoms with Crippen LogP contribution in [0.15, 0.2) is 12.1 Å². The minimum absolute atomic E-state index is 0.502. The molecule has 0 amide bonds. The normalized spacial score (nSPS) is 11.2. The SMILES string of the molecule is COc1cc(NCCC(C)(C)O)c(OC)cc1Cl. The summed E-state index contributed by atoms with van der Waals surface area (Å²) < 4.78 is 10.4. The molecule has 0 saturated heterocycles. The van der Waals surface area contributed by atoms with Crippen molar-refractivity contribution in [3.8, 4) is 11.5 Å². The van der Waals surface area contributed by atoms with Crippen LogP contribution in [-0.2, 0) is 0 Å². The van der Waals surface area contributed by atoms with E-state index in [1.165, 1.54) is 0 Å². The van der Waals surface area contributed by atoms with E-state index in [4.69, 9.17) is 21.1 Å². The fraction of sp³-hybridized carbons (Fsp3) is 0.538. The molecule has 1 aromatic carbocycles. The van der Waals surface area contributed by atoms with Gasteiger partial charge in [-0.3, -0.25) is 0 Å². The number of methoxy groups -OCH3 is 2. The summed E-state index contributed by atoms with van der Waals surface area (Å²) in [5.74, 6) is 1.24. The molecular formula is C13H20ClNO3. The smallest absolute Gasteiger partial charge is 0.143 e. The molecule has 0 spiro atoms. The Labute approximate surface area is 113 Å². The van der Waals surface area contributed by atoms with Gasteiger partial charge in [0, 0.05) is 18.7 Å². The third-order valence-electron chi connectivity index (χ3n) is 2.53. The van der Waals surface area contributed by atoms with E-state index in [2.05, 4.69) is 5.32 Å². The molecule has 102 valence electrons. The monoisotopic (exact) mass is 273 g/mol. The number of ether oxygens (including phenoxy) is 2. The first kappa shape index (κ1) is 14.9. The lowest BCUT2D eigenvalue weighted by Gasteiger charge is -2.19. The molecule has 1 rings (SSSR count). The summed E-state index contributed by atoms with van der Waals surface area (Å²) in [6.45, 7) is 4.17. The van der Waals surface area contributed by atoms with E-state index < -0.39 is 5.60 Å². The molecule has 0 aliphatic rings. The average Bonchev–Trinajstić information content (AvgIpc) is 2.28.